The van der Waals surface area contributed by atoms with E-state index in [2.05, 4.69) is 10.6 Å². The fourth-order valence-corrected chi connectivity index (χ4v) is 4.59. The van der Waals surface area contributed by atoms with Crippen LogP contribution < -0.4 is 10.6 Å². The molecule has 3 aliphatic rings. The number of nitrogens with one attached hydrogen (secondary N) is 2. The summed E-state index contributed by atoms with van der Waals surface area (Å²) >= 11 is 0. The van der Waals surface area contributed by atoms with Crippen molar-refractivity contribution in [3.63, 3.8) is 0 Å². The van der Waals surface area contributed by atoms with Crippen molar-refractivity contribution in [3.8, 4) is 0 Å². The van der Waals surface area contributed by atoms with Gasteiger partial charge in [-0.05, 0) is 62.9 Å². The van der Waals surface area contributed by atoms with Gasteiger partial charge in [0.2, 0.25) is 5.91 Å². The Morgan fingerprint density at radius 2 is 1.70 bits per heavy atom. The van der Waals surface area contributed by atoms with Crippen molar-refractivity contribution in [3.05, 3.63) is 0 Å². The monoisotopic (exact) mass is 278 g/mol. The molecule has 0 aromatic carbocycles. The summed E-state index contributed by atoms with van der Waals surface area (Å²) in [6.07, 6.45) is 11.7. The summed E-state index contributed by atoms with van der Waals surface area (Å²) in [5, 5.41) is 6.64. The van der Waals surface area contributed by atoms with Gasteiger partial charge >= 0.3 is 0 Å². The molecule has 3 rings (SSSR count). The molecule has 1 amide bonds. The van der Waals surface area contributed by atoms with Crippen LogP contribution in [0.5, 0.6) is 0 Å². The Morgan fingerprint density at radius 1 is 0.950 bits per heavy atom. The molecule has 3 fully saturated rings. The lowest BCUT2D eigenvalue weighted by molar-refractivity contribution is -0.127. The fraction of sp³-hybridized carbons (Fsp3) is 0.941. The molecule has 0 aromatic rings. The van der Waals surface area contributed by atoms with E-state index in [0.717, 1.165) is 37.9 Å². The minimum Gasteiger partial charge on any atom is -0.356 e. The van der Waals surface area contributed by atoms with Crippen LogP contribution in [0.2, 0.25) is 0 Å². The molecule has 2 N–H and O–H groups in total. The maximum Gasteiger partial charge on any atom is 0.223 e. The maximum absolute atomic E-state index is 12.4. The summed E-state index contributed by atoms with van der Waals surface area (Å²) in [7, 11) is 0. The Bertz CT molecular complexity index is 325. The normalized spacial score (nSPS) is 35.3. The Labute approximate surface area is 123 Å². The Balaban J connectivity index is 1.42. The smallest absolute Gasteiger partial charge is 0.223 e. The molecule has 3 nitrogen and oxygen atoms in total. The molecule has 2 saturated carbocycles. The van der Waals surface area contributed by atoms with Crippen LogP contribution >= 0.6 is 0 Å². The largest absolute Gasteiger partial charge is 0.356 e. The molecule has 0 bridgehead atoms. The number of rotatable bonds is 3. The van der Waals surface area contributed by atoms with E-state index in [9.17, 15) is 4.79 Å². The molecule has 114 valence electrons. The molecule has 3 unspecified atom stereocenters. The number of carbonyl (C=O) groups is 1. The van der Waals surface area contributed by atoms with Gasteiger partial charge in [-0.25, -0.2) is 0 Å². The molecule has 3 heteroatoms. The average molecular weight is 278 g/mol. The summed E-state index contributed by atoms with van der Waals surface area (Å²) in [6.45, 7) is 3.15. The van der Waals surface area contributed by atoms with Crippen LogP contribution in [0.25, 0.3) is 0 Å². The van der Waals surface area contributed by atoms with Gasteiger partial charge in [0.1, 0.15) is 0 Å². The van der Waals surface area contributed by atoms with Crippen LogP contribution in [0, 0.1) is 23.7 Å². The minimum absolute atomic E-state index is 0.316. The molecule has 1 heterocycles. The standard InChI is InChI=1S/C17H30N2O/c20-17(19-12-13-7-9-18-10-8-13)16-6-5-14-3-1-2-4-15(14)11-16/h13-16,18H,1-12H2,(H,19,20). The van der Waals surface area contributed by atoms with Gasteiger partial charge in [0.25, 0.3) is 0 Å². The van der Waals surface area contributed by atoms with Crippen molar-refractivity contribution < 1.29 is 4.79 Å². The van der Waals surface area contributed by atoms with Crippen molar-refractivity contribution in [2.45, 2.75) is 57.8 Å². The highest BCUT2D eigenvalue weighted by molar-refractivity contribution is 5.78. The van der Waals surface area contributed by atoms with Gasteiger partial charge in [-0.3, -0.25) is 4.79 Å². The molecule has 0 spiro atoms. The molecular formula is C17H30N2O. The first-order chi connectivity index (χ1) is 9.83. The number of hydrogen-bond acceptors (Lipinski definition) is 2. The fourth-order valence-electron chi connectivity index (χ4n) is 4.59. The molecule has 0 aromatic heterocycles. The average Bonchev–Trinajstić information content (AvgIpc) is 2.53. The topological polar surface area (TPSA) is 41.1 Å². The van der Waals surface area contributed by atoms with Gasteiger partial charge in [0.15, 0.2) is 0 Å². The van der Waals surface area contributed by atoms with E-state index in [4.69, 9.17) is 0 Å². The number of carbonyl (C=O) groups excluding carboxylic acids is 1. The van der Waals surface area contributed by atoms with Gasteiger partial charge in [0.05, 0.1) is 0 Å². The zero-order chi connectivity index (χ0) is 13.8. The Kier molecular flexibility index (Phi) is 4.98. The van der Waals surface area contributed by atoms with Crippen LogP contribution in [0.1, 0.15) is 57.8 Å². The van der Waals surface area contributed by atoms with Crippen LogP contribution in [0.4, 0.5) is 0 Å². The van der Waals surface area contributed by atoms with E-state index in [1.54, 1.807) is 0 Å². The van der Waals surface area contributed by atoms with E-state index in [1.165, 1.54) is 51.4 Å². The summed E-state index contributed by atoms with van der Waals surface area (Å²) in [6, 6.07) is 0. The lowest BCUT2D eigenvalue weighted by Crippen LogP contribution is -2.41. The van der Waals surface area contributed by atoms with Crippen molar-refractivity contribution >= 4 is 5.91 Å². The predicted molar refractivity (Wildman–Crippen MR) is 81.4 cm³/mol. The number of fused-ring (bicyclic) bond motifs is 1. The summed E-state index contributed by atoms with van der Waals surface area (Å²) in [4.78, 5) is 12.4. The molecule has 1 aliphatic heterocycles. The van der Waals surface area contributed by atoms with Gasteiger partial charge in [-0.15, -0.1) is 0 Å². The molecule has 3 atom stereocenters. The quantitative estimate of drug-likeness (QED) is 0.833. The number of piperidine rings is 1. The van der Waals surface area contributed by atoms with Crippen molar-refractivity contribution in [2.75, 3.05) is 19.6 Å². The van der Waals surface area contributed by atoms with E-state index >= 15 is 0 Å². The molecule has 2 aliphatic carbocycles. The van der Waals surface area contributed by atoms with Crippen molar-refractivity contribution in [2.24, 2.45) is 23.7 Å². The molecule has 20 heavy (non-hydrogen) atoms. The zero-order valence-corrected chi connectivity index (χ0v) is 12.7. The van der Waals surface area contributed by atoms with Gasteiger partial charge in [0, 0.05) is 12.5 Å². The van der Waals surface area contributed by atoms with E-state index in [0.29, 0.717) is 17.7 Å². The SMILES string of the molecule is O=C(NCC1CCNCC1)C1CCC2CCCCC2C1. The first kappa shape index (κ1) is 14.4. The minimum atomic E-state index is 0.316. The third-order valence-electron chi connectivity index (χ3n) is 5.93. The second-order valence-corrected chi connectivity index (χ2v) is 7.25. The van der Waals surface area contributed by atoms with Gasteiger partial charge in [-0.1, -0.05) is 25.7 Å². The highest BCUT2D eigenvalue weighted by Gasteiger charge is 2.34. The highest BCUT2D eigenvalue weighted by atomic mass is 16.1. The van der Waals surface area contributed by atoms with E-state index < -0.39 is 0 Å². The van der Waals surface area contributed by atoms with E-state index in [1.807, 2.05) is 0 Å². The first-order valence-electron chi connectivity index (χ1n) is 8.81. The third kappa shape index (κ3) is 3.55. The molecule has 1 saturated heterocycles. The lowest BCUT2D eigenvalue weighted by Gasteiger charge is -2.38. The van der Waals surface area contributed by atoms with Crippen molar-refractivity contribution in [1.82, 2.24) is 10.6 Å². The van der Waals surface area contributed by atoms with Crippen LogP contribution in [0.15, 0.2) is 0 Å². The summed E-state index contributed by atoms with van der Waals surface area (Å²) in [5.41, 5.74) is 0. The highest BCUT2D eigenvalue weighted by Crippen LogP contribution is 2.42. The third-order valence-corrected chi connectivity index (χ3v) is 5.93. The Hall–Kier alpha value is -0.570. The second kappa shape index (κ2) is 6.93. The second-order valence-electron chi connectivity index (χ2n) is 7.25. The van der Waals surface area contributed by atoms with Gasteiger partial charge < -0.3 is 10.6 Å². The van der Waals surface area contributed by atoms with E-state index in [-0.39, 0.29) is 0 Å². The Morgan fingerprint density at radius 3 is 2.50 bits per heavy atom. The predicted octanol–water partition coefficient (Wildman–Crippen LogP) is 2.71. The first-order valence-corrected chi connectivity index (χ1v) is 8.81. The summed E-state index contributed by atoms with van der Waals surface area (Å²) < 4.78 is 0. The van der Waals surface area contributed by atoms with Crippen molar-refractivity contribution in [1.29, 1.82) is 0 Å². The van der Waals surface area contributed by atoms with Crippen LogP contribution in [-0.2, 0) is 4.79 Å². The van der Waals surface area contributed by atoms with Gasteiger partial charge in [-0.2, -0.15) is 0 Å². The molecule has 0 radical (unpaired) electrons. The molecular weight excluding hydrogens is 248 g/mol. The number of hydrogen-bond donors (Lipinski definition) is 2. The number of amides is 1. The zero-order valence-electron chi connectivity index (χ0n) is 12.7. The van der Waals surface area contributed by atoms with Crippen LogP contribution in [0.3, 0.4) is 0 Å². The lowest BCUT2D eigenvalue weighted by atomic mass is 9.67. The van der Waals surface area contributed by atoms with Crippen LogP contribution in [-0.4, -0.2) is 25.5 Å². The summed E-state index contributed by atoms with van der Waals surface area (Å²) in [5.74, 6) is 3.17. The maximum atomic E-state index is 12.4.